The largest absolute Gasteiger partial charge is 0.377 e. The van der Waals surface area contributed by atoms with Crippen LogP contribution in [0.1, 0.15) is 11.1 Å². The molecule has 0 atom stereocenters. The molecule has 69 valence electrons. The smallest absolute Gasteiger partial charge is 0.152 e. The predicted octanol–water partition coefficient (Wildman–Crippen LogP) is 2.38. The van der Waals surface area contributed by atoms with Crippen LogP contribution in [0.4, 0.5) is 0 Å². The molecule has 1 radical (unpaired) electrons. The average molecular weight is 184 g/mol. The zero-order valence-electron chi connectivity index (χ0n) is 7.59. The molecule has 1 aromatic carbocycles. The molecule has 2 heteroatoms. The topological polar surface area (TPSA) is 33.1 Å². The summed E-state index contributed by atoms with van der Waals surface area (Å²) in [6.07, 6.45) is 3.61. The minimum atomic E-state index is 0.285. The number of benzene rings is 1. The first-order valence-corrected chi connectivity index (χ1v) is 4.39. The molecular weight excluding hydrogens is 174 g/mol. The Hall–Kier alpha value is -1.67. The van der Waals surface area contributed by atoms with Crippen LogP contribution in [0.15, 0.2) is 54.9 Å². The van der Waals surface area contributed by atoms with Gasteiger partial charge in [-0.15, -0.1) is 0 Å². The molecule has 0 saturated heterocycles. The Balaban J connectivity index is 2.30. The van der Waals surface area contributed by atoms with Crippen molar-refractivity contribution >= 4 is 0 Å². The van der Waals surface area contributed by atoms with Gasteiger partial charge in [0.05, 0.1) is 0 Å². The summed E-state index contributed by atoms with van der Waals surface area (Å²) in [4.78, 5) is 3.90. The number of aliphatic hydroxyl groups is 1. The SMILES string of the molecule is O[C](c1ccccc1)c1ccncc1. The van der Waals surface area contributed by atoms with Crippen LogP contribution in [-0.4, -0.2) is 10.1 Å². The van der Waals surface area contributed by atoms with Crippen molar-refractivity contribution < 1.29 is 5.11 Å². The van der Waals surface area contributed by atoms with Gasteiger partial charge in [0.25, 0.3) is 0 Å². The maximum absolute atomic E-state index is 9.88. The fourth-order valence-corrected chi connectivity index (χ4v) is 1.27. The van der Waals surface area contributed by atoms with Crippen LogP contribution in [-0.2, 0) is 0 Å². The van der Waals surface area contributed by atoms with Crippen molar-refractivity contribution in [2.24, 2.45) is 0 Å². The lowest BCUT2D eigenvalue weighted by atomic mass is 10.0. The van der Waals surface area contributed by atoms with E-state index in [1.165, 1.54) is 0 Å². The molecule has 1 aromatic heterocycles. The van der Waals surface area contributed by atoms with Crippen LogP contribution in [0.5, 0.6) is 0 Å². The van der Waals surface area contributed by atoms with Crippen LogP contribution < -0.4 is 0 Å². The van der Waals surface area contributed by atoms with E-state index in [-0.39, 0.29) is 6.10 Å². The van der Waals surface area contributed by atoms with Gasteiger partial charge in [-0.1, -0.05) is 30.3 Å². The quantitative estimate of drug-likeness (QED) is 0.777. The Morgan fingerprint density at radius 2 is 1.43 bits per heavy atom. The number of hydrogen-bond acceptors (Lipinski definition) is 2. The van der Waals surface area contributed by atoms with E-state index in [0.29, 0.717) is 0 Å². The third kappa shape index (κ3) is 1.80. The summed E-state index contributed by atoms with van der Waals surface area (Å²) in [5.41, 5.74) is 1.60. The molecule has 0 spiro atoms. The molecule has 0 aliphatic carbocycles. The standard InChI is InChI=1S/C12H10NO/c14-12(10-4-2-1-3-5-10)11-6-8-13-9-7-11/h1-9,14H. The minimum Gasteiger partial charge on any atom is -0.377 e. The van der Waals surface area contributed by atoms with Crippen molar-refractivity contribution in [3.63, 3.8) is 0 Å². The number of rotatable bonds is 2. The van der Waals surface area contributed by atoms with Gasteiger partial charge in [0.2, 0.25) is 0 Å². The molecule has 0 aliphatic heterocycles. The highest BCUT2D eigenvalue weighted by Gasteiger charge is 2.09. The predicted molar refractivity (Wildman–Crippen MR) is 54.1 cm³/mol. The number of hydrogen-bond donors (Lipinski definition) is 1. The van der Waals surface area contributed by atoms with E-state index in [1.54, 1.807) is 24.5 Å². The molecule has 0 amide bonds. The Kier molecular flexibility index (Phi) is 2.56. The monoisotopic (exact) mass is 184 g/mol. The van der Waals surface area contributed by atoms with Gasteiger partial charge >= 0.3 is 0 Å². The first kappa shape index (κ1) is 8.91. The van der Waals surface area contributed by atoms with Gasteiger partial charge in [0.1, 0.15) is 0 Å². The van der Waals surface area contributed by atoms with Gasteiger partial charge in [-0.25, -0.2) is 0 Å². The van der Waals surface area contributed by atoms with E-state index in [4.69, 9.17) is 0 Å². The van der Waals surface area contributed by atoms with Crippen LogP contribution in [0, 0.1) is 6.10 Å². The fraction of sp³-hybridized carbons (Fsp3) is 0. The van der Waals surface area contributed by atoms with Crippen LogP contribution >= 0.6 is 0 Å². The Morgan fingerprint density at radius 3 is 2.07 bits per heavy atom. The number of aromatic nitrogens is 1. The molecular formula is C12H10NO. The molecule has 0 saturated carbocycles. The van der Waals surface area contributed by atoms with Crippen LogP contribution in [0.25, 0.3) is 0 Å². The average Bonchev–Trinajstić information content (AvgIpc) is 2.30. The molecule has 0 unspecified atom stereocenters. The minimum absolute atomic E-state index is 0.285. The van der Waals surface area contributed by atoms with E-state index < -0.39 is 0 Å². The Labute approximate surface area is 82.9 Å². The van der Waals surface area contributed by atoms with Gasteiger partial charge in [-0.3, -0.25) is 4.98 Å². The molecule has 1 N–H and O–H groups in total. The van der Waals surface area contributed by atoms with Crippen molar-refractivity contribution in [2.45, 2.75) is 0 Å². The molecule has 0 bridgehead atoms. The lowest BCUT2D eigenvalue weighted by molar-refractivity contribution is 0.356. The molecule has 0 aliphatic rings. The zero-order chi connectivity index (χ0) is 9.80. The molecule has 2 rings (SSSR count). The summed E-state index contributed by atoms with van der Waals surface area (Å²) in [7, 11) is 0. The van der Waals surface area contributed by atoms with Gasteiger partial charge in [0, 0.05) is 12.4 Å². The van der Waals surface area contributed by atoms with Crippen molar-refractivity contribution in [2.75, 3.05) is 0 Å². The van der Waals surface area contributed by atoms with E-state index in [1.807, 2.05) is 30.3 Å². The highest BCUT2D eigenvalue weighted by Crippen LogP contribution is 2.19. The number of nitrogens with zero attached hydrogens (tertiary/aromatic N) is 1. The summed E-state index contributed by atoms with van der Waals surface area (Å²) in [6.45, 7) is 0. The summed E-state index contributed by atoms with van der Waals surface area (Å²) >= 11 is 0. The van der Waals surface area contributed by atoms with Crippen molar-refractivity contribution in [3.8, 4) is 0 Å². The first-order chi connectivity index (χ1) is 6.88. The zero-order valence-corrected chi connectivity index (χ0v) is 7.59. The first-order valence-electron chi connectivity index (χ1n) is 4.39. The Bertz CT molecular complexity index is 346. The Morgan fingerprint density at radius 1 is 0.857 bits per heavy atom. The second-order valence-electron chi connectivity index (χ2n) is 2.95. The normalized spacial score (nSPS) is 10.4. The van der Waals surface area contributed by atoms with Gasteiger partial charge in [-0.05, 0) is 23.3 Å². The molecule has 2 nitrogen and oxygen atoms in total. The highest BCUT2D eigenvalue weighted by molar-refractivity contribution is 5.39. The fourth-order valence-electron chi connectivity index (χ4n) is 1.27. The maximum Gasteiger partial charge on any atom is 0.152 e. The van der Waals surface area contributed by atoms with Gasteiger partial charge < -0.3 is 5.11 Å². The van der Waals surface area contributed by atoms with E-state index in [2.05, 4.69) is 4.98 Å². The third-order valence-electron chi connectivity index (χ3n) is 2.00. The molecule has 1 heterocycles. The second kappa shape index (κ2) is 4.03. The van der Waals surface area contributed by atoms with E-state index in [9.17, 15) is 5.11 Å². The number of pyridine rings is 1. The lowest BCUT2D eigenvalue weighted by Gasteiger charge is -2.08. The second-order valence-corrected chi connectivity index (χ2v) is 2.95. The summed E-state index contributed by atoms with van der Waals surface area (Å²) in [5, 5.41) is 9.88. The summed E-state index contributed by atoms with van der Waals surface area (Å²) in [6, 6.07) is 13.0. The van der Waals surface area contributed by atoms with Crippen LogP contribution in [0.3, 0.4) is 0 Å². The summed E-state index contributed by atoms with van der Waals surface area (Å²) in [5.74, 6) is 0. The van der Waals surface area contributed by atoms with Crippen molar-refractivity contribution in [3.05, 3.63) is 72.1 Å². The van der Waals surface area contributed by atoms with Gasteiger partial charge in [-0.2, -0.15) is 0 Å². The van der Waals surface area contributed by atoms with E-state index in [0.717, 1.165) is 11.1 Å². The summed E-state index contributed by atoms with van der Waals surface area (Å²) < 4.78 is 0. The molecule has 2 aromatic rings. The van der Waals surface area contributed by atoms with Crippen molar-refractivity contribution in [1.82, 2.24) is 4.98 Å². The number of aliphatic hydroxyl groups excluding tert-OH is 1. The van der Waals surface area contributed by atoms with Crippen LogP contribution in [0.2, 0.25) is 0 Å². The highest BCUT2D eigenvalue weighted by atomic mass is 16.3. The lowest BCUT2D eigenvalue weighted by Crippen LogP contribution is -1.99. The molecule has 0 fully saturated rings. The van der Waals surface area contributed by atoms with Crippen molar-refractivity contribution in [1.29, 1.82) is 0 Å². The van der Waals surface area contributed by atoms with E-state index >= 15 is 0 Å². The van der Waals surface area contributed by atoms with Gasteiger partial charge in [0.15, 0.2) is 6.10 Å². The molecule has 14 heavy (non-hydrogen) atoms. The maximum atomic E-state index is 9.88. The third-order valence-corrected chi connectivity index (χ3v) is 2.00.